The fourth-order valence-corrected chi connectivity index (χ4v) is 5.67. The second-order valence-corrected chi connectivity index (χ2v) is 11.6. The summed E-state index contributed by atoms with van der Waals surface area (Å²) in [7, 11) is 0. The van der Waals surface area contributed by atoms with Gasteiger partial charge in [-0.2, -0.15) is 0 Å². The zero-order chi connectivity index (χ0) is 30.3. The highest BCUT2D eigenvalue weighted by Gasteiger charge is 2.25. The molecule has 2 aliphatic carbocycles. The SMILES string of the molecule is C#C/C=C(\C)NC(=N/C=C/C(C)CCNC(C)=O)c1ccc(CC2=CCC=C(C3CCC(CC(=O)O)CC3)CC2)nc1. The summed E-state index contributed by atoms with van der Waals surface area (Å²) in [4.78, 5) is 31.6. The van der Waals surface area contributed by atoms with Crippen molar-refractivity contribution in [2.45, 2.75) is 85.0 Å². The Hall–Kier alpha value is -3.92. The Kier molecular flexibility index (Phi) is 13.3. The smallest absolute Gasteiger partial charge is 0.303 e. The Balaban J connectivity index is 1.57. The van der Waals surface area contributed by atoms with E-state index < -0.39 is 5.97 Å². The molecule has 3 rings (SSSR count). The number of carbonyl (C=O) groups excluding carboxylic acids is 1. The zero-order valence-electron chi connectivity index (χ0n) is 25.4. The van der Waals surface area contributed by atoms with Crippen molar-refractivity contribution >= 4 is 17.7 Å². The van der Waals surface area contributed by atoms with E-state index in [1.807, 2.05) is 25.3 Å². The van der Waals surface area contributed by atoms with Crippen LogP contribution in [0.25, 0.3) is 0 Å². The van der Waals surface area contributed by atoms with Gasteiger partial charge in [0.25, 0.3) is 0 Å². The molecule has 224 valence electrons. The molecule has 1 unspecified atom stereocenters. The number of aliphatic imine (C=N–C) groups is 1. The van der Waals surface area contributed by atoms with Crippen LogP contribution in [-0.4, -0.2) is 34.3 Å². The highest BCUT2D eigenvalue weighted by Crippen LogP contribution is 2.38. The average Bonchev–Trinajstić information content (AvgIpc) is 3.18. The van der Waals surface area contributed by atoms with Crippen molar-refractivity contribution in [2.75, 3.05) is 6.54 Å². The number of aromatic nitrogens is 1. The number of carboxylic acids is 1. The Morgan fingerprint density at radius 3 is 2.64 bits per heavy atom. The van der Waals surface area contributed by atoms with E-state index in [2.05, 4.69) is 46.7 Å². The predicted molar refractivity (Wildman–Crippen MR) is 170 cm³/mol. The Bertz CT molecular complexity index is 1260. The van der Waals surface area contributed by atoms with Crippen LogP contribution in [0.2, 0.25) is 0 Å². The summed E-state index contributed by atoms with van der Waals surface area (Å²) < 4.78 is 0. The van der Waals surface area contributed by atoms with Gasteiger partial charge < -0.3 is 15.7 Å². The molecule has 1 amide bonds. The Morgan fingerprint density at radius 1 is 1.19 bits per heavy atom. The number of pyridine rings is 1. The maximum atomic E-state index is 11.1. The van der Waals surface area contributed by atoms with Gasteiger partial charge in [-0.1, -0.05) is 42.2 Å². The molecule has 0 aromatic carbocycles. The number of aliphatic carboxylic acids is 1. The molecule has 0 saturated heterocycles. The molecule has 3 N–H and O–H groups in total. The summed E-state index contributed by atoms with van der Waals surface area (Å²) in [6.07, 6.45) is 26.9. The van der Waals surface area contributed by atoms with Crippen molar-refractivity contribution in [2.24, 2.45) is 22.7 Å². The number of hydrogen-bond donors (Lipinski definition) is 3. The fourth-order valence-electron chi connectivity index (χ4n) is 5.67. The maximum absolute atomic E-state index is 11.1. The van der Waals surface area contributed by atoms with E-state index in [1.54, 1.807) is 17.8 Å². The lowest BCUT2D eigenvalue weighted by molar-refractivity contribution is -0.138. The monoisotopic (exact) mass is 570 g/mol. The molecule has 1 heterocycles. The number of nitrogens with zero attached hydrogens (tertiary/aromatic N) is 2. The van der Waals surface area contributed by atoms with Crippen molar-refractivity contribution in [1.82, 2.24) is 15.6 Å². The van der Waals surface area contributed by atoms with Crippen molar-refractivity contribution < 1.29 is 14.7 Å². The van der Waals surface area contributed by atoms with E-state index in [1.165, 1.54) is 12.5 Å². The lowest BCUT2D eigenvalue weighted by Gasteiger charge is -2.29. The standard InChI is InChI=1S/C35H46N4O3/c1-5-7-26(3)39-35(37-21-19-25(2)18-20-36-27(4)40)32-16-17-33(38-24-32)22-28-8-6-9-30(13-10-28)31-14-11-29(12-15-31)23-34(41)42/h1,7-9,16-17,19,21,24-25,29,31H,6,10-15,18,20,22-23H2,2-4H3,(H,36,40)(H,37,39)(H,41,42)/b21-19+,26-7+. The molecular formula is C35H46N4O3. The molecule has 0 bridgehead atoms. The summed E-state index contributed by atoms with van der Waals surface area (Å²) >= 11 is 0. The molecule has 1 aromatic heterocycles. The molecule has 7 heteroatoms. The number of nitrogens with one attached hydrogen (secondary N) is 2. The first-order chi connectivity index (χ1) is 20.2. The van der Waals surface area contributed by atoms with Crippen molar-refractivity contribution in [1.29, 1.82) is 0 Å². The first kappa shape index (κ1) is 32.6. The fraction of sp³-hybridized carbons (Fsp3) is 0.486. The lowest BCUT2D eigenvalue weighted by Crippen LogP contribution is -2.23. The van der Waals surface area contributed by atoms with E-state index >= 15 is 0 Å². The van der Waals surface area contributed by atoms with E-state index in [4.69, 9.17) is 16.5 Å². The molecule has 1 saturated carbocycles. The van der Waals surface area contributed by atoms with Gasteiger partial charge in [0.05, 0.1) is 0 Å². The van der Waals surface area contributed by atoms with Crippen LogP contribution in [0.5, 0.6) is 0 Å². The lowest BCUT2D eigenvalue weighted by atomic mass is 9.76. The minimum atomic E-state index is -0.670. The molecule has 2 aliphatic rings. The van der Waals surface area contributed by atoms with Gasteiger partial charge >= 0.3 is 5.97 Å². The quantitative estimate of drug-likeness (QED) is 0.115. The normalized spacial score (nSPS) is 20.6. The van der Waals surface area contributed by atoms with Crippen LogP contribution in [0.3, 0.4) is 0 Å². The number of allylic oxidation sites excluding steroid dienone is 7. The largest absolute Gasteiger partial charge is 0.481 e. The Morgan fingerprint density at radius 2 is 1.98 bits per heavy atom. The molecule has 0 spiro atoms. The molecule has 1 fully saturated rings. The van der Waals surface area contributed by atoms with Gasteiger partial charge in [0, 0.05) is 61.7 Å². The maximum Gasteiger partial charge on any atom is 0.303 e. The average molecular weight is 571 g/mol. The van der Waals surface area contributed by atoms with E-state index in [-0.39, 0.29) is 11.8 Å². The summed E-state index contributed by atoms with van der Waals surface area (Å²) in [5.41, 5.74) is 5.68. The predicted octanol–water partition coefficient (Wildman–Crippen LogP) is 6.49. The van der Waals surface area contributed by atoms with Gasteiger partial charge in [-0.25, -0.2) is 4.99 Å². The highest BCUT2D eigenvalue weighted by molar-refractivity contribution is 5.99. The van der Waals surface area contributed by atoms with Crippen LogP contribution in [0.4, 0.5) is 0 Å². The van der Waals surface area contributed by atoms with Crippen LogP contribution in [0.15, 0.2) is 70.7 Å². The minimum Gasteiger partial charge on any atom is -0.481 e. The zero-order valence-corrected chi connectivity index (χ0v) is 25.4. The molecule has 1 atom stereocenters. The van der Waals surface area contributed by atoms with Gasteiger partial charge in [0.1, 0.15) is 5.84 Å². The first-order valence-corrected chi connectivity index (χ1v) is 15.2. The van der Waals surface area contributed by atoms with Crippen LogP contribution in [0, 0.1) is 30.1 Å². The van der Waals surface area contributed by atoms with Crippen molar-refractivity contribution in [3.8, 4) is 12.3 Å². The third kappa shape index (κ3) is 11.5. The van der Waals surface area contributed by atoms with Gasteiger partial charge in [-0.05, 0) is 88.2 Å². The molecule has 7 nitrogen and oxygen atoms in total. The second-order valence-electron chi connectivity index (χ2n) is 11.6. The van der Waals surface area contributed by atoms with Crippen LogP contribution in [-0.2, 0) is 16.0 Å². The third-order valence-corrected chi connectivity index (χ3v) is 8.07. The molecule has 1 aromatic rings. The molecule has 0 aliphatic heterocycles. The number of hydrogen-bond acceptors (Lipinski definition) is 4. The highest BCUT2D eigenvalue weighted by atomic mass is 16.4. The van der Waals surface area contributed by atoms with Crippen LogP contribution < -0.4 is 10.6 Å². The number of rotatable bonds is 12. The number of amidine groups is 1. The van der Waals surface area contributed by atoms with Gasteiger partial charge in [0.15, 0.2) is 0 Å². The summed E-state index contributed by atoms with van der Waals surface area (Å²) in [5, 5.41) is 15.2. The summed E-state index contributed by atoms with van der Waals surface area (Å²) in [6.45, 7) is 6.15. The summed E-state index contributed by atoms with van der Waals surface area (Å²) in [6, 6.07) is 4.11. The van der Waals surface area contributed by atoms with E-state index in [0.717, 1.165) is 74.7 Å². The van der Waals surface area contributed by atoms with Gasteiger partial charge in [0.2, 0.25) is 5.91 Å². The van der Waals surface area contributed by atoms with Crippen LogP contribution >= 0.6 is 0 Å². The number of carbonyl (C=O) groups is 2. The van der Waals surface area contributed by atoms with Crippen molar-refractivity contribution in [3.05, 3.63) is 76.9 Å². The number of terminal acetylenes is 1. The summed E-state index contributed by atoms with van der Waals surface area (Å²) in [5.74, 6) is 3.73. The minimum absolute atomic E-state index is 0.0207. The molecule has 0 radical (unpaired) electrons. The molecule has 42 heavy (non-hydrogen) atoms. The van der Waals surface area contributed by atoms with Crippen LogP contribution in [0.1, 0.15) is 89.8 Å². The van der Waals surface area contributed by atoms with E-state index in [0.29, 0.717) is 30.6 Å². The van der Waals surface area contributed by atoms with Gasteiger partial charge in [-0.15, -0.1) is 6.42 Å². The molecular weight excluding hydrogens is 524 g/mol. The number of carboxylic acid groups (broad SMARTS) is 1. The third-order valence-electron chi connectivity index (χ3n) is 8.07. The number of amides is 1. The first-order valence-electron chi connectivity index (χ1n) is 15.2. The Labute approximate surface area is 251 Å². The van der Waals surface area contributed by atoms with E-state index in [9.17, 15) is 9.59 Å². The topological polar surface area (TPSA) is 104 Å². The van der Waals surface area contributed by atoms with Crippen molar-refractivity contribution in [3.63, 3.8) is 0 Å². The second kappa shape index (κ2) is 17.1. The van der Waals surface area contributed by atoms with Gasteiger partial charge in [-0.3, -0.25) is 14.6 Å².